The highest BCUT2D eigenvalue weighted by Gasteiger charge is 2.08. The number of benzene rings is 2. The normalized spacial score (nSPS) is 9.63. The van der Waals surface area contributed by atoms with Crippen molar-refractivity contribution in [3.8, 4) is 17.2 Å². The standard InChI is InChI=1S/C13H9N3O2.C8H9ClO.C2H6/c17-8-15-10-4-1-3-9(7-10)13-16-12-11(18-13)5-2-6-14-12;1-6-3-4-8(10-2)7(9)5-6;1-2/h1-8H,(H,15,17);3-5H,1-2H3;1-2H3. The van der Waals surface area contributed by atoms with E-state index in [0.717, 1.165) is 16.9 Å². The molecule has 1 amide bonds. The van der Waals surface area contributed by atoms with Gasteiger partial charge in [-0.3, -0.25) is 4.79 Å². The third kappa shape index (κ3) is 6.06. The van der Waals surface area contributed by atoms with Gasteiger partial charge < -0.3 is 14.5 Å². The molecule has 0 fully saturated rings. The van der Waals surface area contributed by atoms with Crippen molar-refractivity contribution in [1.82, 2.24) is 9.97 Å². The second kappa shape index (κ2) is 11.6. The number of aromatic nitrogens is 2. The number of hydrogen-bond donors (Lipinski definition) is 1. The second-order valence-electron chi connectivity index (χ2n) is 5.83. The van der Waals surface area contributed by atoms with Crippen LogP contribution in [0.2, 0.25) is 5.02 Å². The summed E-state index contributed by atoms with van der Waals surface area (Å²) in [7, 11) is 1.61. The number of pyridine rings is 1. The molecule has 0 aliphatic carbocycles. The molecule has 0 aliphatic heterocycles. The minimum Gasteiger partial charge on any atom is -0.495 e. The zero-order valence-electron chi connectivity index (χ0n) is 17.3. The van der Waals surface area contributed by atoms with E-state index in [1.165, 1.54) is 0 Å². The molecule has 0 aliphatic rings. The average Bonchev–Trinajstić information content (AvgIpc) is 3.21. The van der Waals surface area contributed by atoms with E-state index >= 15 is 0 Å². The average molecular weight is 426 g/mol. The highest BCUT2D eigenvalue weighted by Crippen LogP contribution is 2.25. The number of fused-ring (bicyclic) bond motifs is 1. The molecule has 7 heteroatoms. The van der Waals surface area contributed by atoms with Gasteiger partial charge in [-0.05, 0) is 55.0 Å². The number of nitrogens with zero attached hydrogens (tertiary/aromatic N) is 2. The number of nitrogens with one attached hydrogen (secondary N) is 1. The molecule has 0 bridgehead atoms. The minimum absolute atomic E-state index is 0.484. The molecular formula is C23H24ClN3O3. The second-order valence-corrected chi connectivity index (χ2v) is 6.23. The van der Waals surface area contributed by atoms with Gasteiger partial charge in [-0.25, -0.2) is 4.98 Å². The Morgan fingerprint density at radius 2 is 1.90 bits per heavy atom. The summed E-state index contributed by atoms with van der Waals surface area (Å²) in [6, 6.07) is 16.6. The Kier molecular flexibility index (Phi) is 8.84. The molecule has 4 aromatic rings. The van der Waals surface area contributed by atoms with Crippen LogP contribution in [-0.4, -0.2) is 23.5 Å². The van der Waals surface area contributed by atoms with Crippen LogP contribution in [0.25, 0.3) is 22.7 Å². The highest BCUT2D eigenvalue weighted by molar-refractivity contribution is 6.32. The van der Waals surface area contributed by atoms with E-state index in [-0.39, 0.29) is 0 Å². The monoisotopic (exact) mass is 425 g/mol. The fourth-order valence-corrected chi connectivity index (χ4v) is 2.79. The summed E-state index contributed by atoms with van der Waals surface area (Å²) in [4.78, 5) is 18.8. The molecule has 2 aromatic heterocycles. The Hall–Kier alpha value is -3.38. The van der Waals surface area contributed by atoms with Crippen LogP contribution in [0.4, 0.5) is 5.69 Å². The summed E-state index contributed by atoms with van der Waals surface area (Å²) < 4.78 is 10.6. The third-order valence-corrected chi connectivity index (χ3v) is 4.10. The Bertz CT molecular complexity index is 1060. The Labute approximate surface area is 180 Å². The number of oxazole rings is 1. The van der Waals surface area contributed by atoms with Gasteiger partial charge in [0.15, 0.2) is 11.2 Å². The van der Waals surface area contributed by atoms with Crippen molar-refractivity contribution in [2.24, 2.45) is 0 Å². The van der Waals surface area contributed by atoms with E-state index < -0.39 is 0 Å². The van der Waals surface area contributed by atoms with Gasteiger partial charge in [0.25, 0.3) is 0 Å². The molecule has 0 saturated carbocycles. The maximum atomic E-state index is 10.4. The molecule has 0 unspecified atom stereocenters. The first-order valence-corrected chi connectivity index (χ1v) is 9.81. The summed E-state index contributed by atoms with van der Waals surface area (Å²) in [5.41, 5.74) is 3.84. The van der Waals surface area contributed by atoms with Crippen LogP contribution in [0, 0.1) is 6.92 Å². The van der Waals surface area contributed by atoms with Crippen molar-refractivity contribution < 1.29 is 13.9 Å². The number of hydrogen-bond acceptors (Lipinski definition) is 5. The van der Waals surface area contributed by atoms with E-state index in [0.29, 0.717) is 34.2 Å². The number of aryl methyl sites for hydroxylation is 1. The van der Waals surface area contributed by atoms with Gasteiger partial charge in [0.1, 0.15) is 5.75 Å². The molecule has 0 radical (unpaired) electrons. The number of amides is 1. The van der Waals surface area contributed by atoms with E-state index in [2.05, 4.69) is 15.3 Å². The van der Waals surface area contributed by atoms with Gasteiger partial charge in [-0.15, -0.1) is 0 Å². The molecule has 1 N–H and O–H groups in total. The summed E-state index contributed by atoms with van der Waals surface area (Å²) in [5.74, 6) is 1.21. The summed E-state index contributed by atoms with van der Waals surface area (Å²) >= 11 is 5.80. The van der Waals surface area contributed by atoms with E-state index in [4.69, 9.17) is 20.8 Å². The lowest BCUT2D eigenvalue weighted by Gasteiger charge is -2.01. The number of halogens is 1. The number of ether oxygens (including phenoxy) is 1. The van der Waals surface area contributed by atoms with Crippen molar-refractivity contribution in [1.29, 1.82) is 0 Å². The first kappa shape index (κ1) is 22.9. The molecule has 4 rings (SSSR count). The van der Waals surface area contributed by atoms with E-state index in [9.17, 15) is 4.79 Å². The van der Waals surface area contributed by atoms with Crippen molar-refractivity contribution in [2.45, 2.75) is 20.8 Å². The van der Waals surface area contributed by atoms with Gasteiger partial charge in [0.2, 0.25) is 12.3 Å². The van der Waals surface area contributed by atoms with E-state index in [1.54, 1.807) is 31.5 Å². The van der Waals surface area contributed by atoms with Gasteiger partial charge >= 0.3 is 0 Å². The van der Waals surface area contributed by atoms with Crippen LogP contribution in [0.15, 0.2) is 65.2 Å². The van der Waals surface area contributed by atoms with Gasteiger partial charge in [-0.1, -0.05) is 37.6 Å². The van der Waals surface area contributed by atoms with Crippen LogP contribution in [-0.2, 0) is 4.79 Å². The van der Waals surface area contributed by atoms with Gasteiger partial charge in [0.05, 0.1) is 12.1 Å². The first-order chi connectivity index (χ1) is 14.6. The highest BCUT2D eigenvalue weighted by atomic mass is 35.5. The topological polar surface area (TPSA) is 77.2 Å². The zero-order chi connectivity index (χ0) is 21.9. The molecule has 6 nitrogen and oxygen atoms in total. The smallest absolute Gasteiger partial charge is 0.228 e. The number of rotatable bonds is 4. The number of carbonyl (C=O) groups excluding carboxylic acids is 1. The molecular weight excluding hydrogens is 402 g/mol. The minimum atomic E-state index is 0.484. The Morgan fingerprint density at radius 1 is 1.10 bits per heavy atom. The van der Waals surface area contributed by atoms with E-state index in [1.807, 2.05) is 57.2 Å². The zero-order valence-corrected chi connectivity index (χ0v) is 18.1. The molecule has 0 atom stereocenters. The molecule has 156 valence electrons. The SMILES string of the molecule is CC.COc1ccc(C)cc1Cl.O=CNc1cccc(-c2nc3ncccc3o2)c1. The quantitative estimate of drug-likeness (QED) is 0.397. The lowest BCUT2D eigenvalue weighted by atomic mass is 10.2. The Balaban J connectivity index is 0.000000228. The predicted molar refractivity (Wildman–Crippen MR) is 121 cm³/mol. The van der Waals surface area contributed by atoms with Crippen molar-refractivity contribution in [2.75, 3.05) is 12.4 Å². The van der Waals surface area contributed by atoms with Gasteiger partial charge in [0, 0.05) is 17.4 Å². The van der Waals surface area contributed by atoms with Crippen LogP contribution >= 0.6 is 11.6 Å². The first-order valence-electron chi connectivity index (χ1n) is 9.43. The predicted octanol–water partition coefficient (Wildman–Crippen LogP) is 6.14. The van der Waals surface area contributed by atoms with Crippen LogP contribution in [0.1, 0.15) is 19.4 Å². The van der Waals surface area contributed by atoms with Crippen LogP contribution in [0.5, 0.6) is 5.75 Å². The molecule has 0 spiro atoms. The summed E-state index contributed by atoms with van der Waals surface area (Å²) in [6.45, 7) is 5.99. The maximum Gasteiger partial charge on any atom is 0.228 e. The van der Waals surface area contributed by atoms with Crippen molar-refractivity contribution in [3.05, 3.63) is 71.4 Å². The summed E-state index contributed by atoms with van der Waals surface area (Å²) in [6.07, 6.45) is 2.30. The summed E-state index contributed by atoms with van der Waals surface area (Å²) in [5, 5.41) is 3.25. The lowest BCUT2D eigenvalue weighted by molar-refractivity contribution is -0.105. The fourth-order valence-electron chi connectivity index (χ4n) is 2.47. The lowest BCUT2D eigenvalue weighted by Crippen LogP contribution is -1.93. The largest absolute Gasteiger partial charge is 0.495 e. The maximum absolute atomic E-state index is 10.4. The van der Waals surface area contributed by atoms with Crippen LogP contribution < -0.4 is 10.1 Å². The molecule has 2 heterocycles. The molecule has 2 aromatic carbocycles. The fraction of sp³-hybridized carbons (Fsp3) is 0.174. The van der Waals surface area contributed by atoms with Gasteiger partial charge in [-0.2, -0.15) is 4.98 Å². The molecule has 0 saturated heterocycles. The number of methoxy groups -OCH3 is 1. The number of anilines is 1. The van der Waals surface area contributed by atoms with Crippen molar-refractivity contribution >= 4 is 34.9 Å². The molecule has 30 heavy (non-hydrogen) atoms. The third-order valence-electron chi connectivity index (χ3n) is 3.81. The van der Waals surface area contributed by atoms with Crippen molar-refractivity contribution in [3.63, 3.8) is 0 Å². The van der Waals surface area contributed by atoms with Crippen LogP contribution in [0.3, 0.4) is 0 Å². The Morgan fingerprint density at radius 3 is 2.57 bits per heavy atom. The number of carbonyl (C=O) groups is 1.